The molecule has 42 heavy (non-hydrogen) atoms. The topological polar surface area (TPSA) is 99.2 Å². The van der Waals surface area contributed by atoms with Crippen molar-refractivity contribution in [3.05, 3.63) is 89.8 Å². The van der Waals surface area contributed by atoms with E-state index in [1.807, 2.05) is 25.9 Å². The summed E-state index contributed by atoms with van der Waals surface area (Å²) in [7, 11) is 3.95. The molecule has 1 aliphatic heterocycles. The highest BCUT2D eigenvalue weighted by Gasteiger charge is 2.35. The summed E-state index contributed by atoms with van der Waals surface area (Å²) >= 11 is 0. The predicted molar refractivity (Wildman–Crippen MR) is 154 cm³/mol. The molecule has 1 unspecified atom stereocenters. The molecule has 0 spiro atoms. The molecule has 1 atom stereocenters. The summed E-state index contributed by atoms with van der Waals surface area (Å²) in [6, 6.07) is 9.26. The van der Waals surface area contributed by atoms with Gasteiger partial charge >= 0.3 is 6.18 Å². The van der Waals surface area contributed by atoms with Crippen molar-refractivity contribution in [2.45, 2.75) is 32.1 Å². The molecular formula is C30H31F3N8O. The van der Waals surface area contributed by atoms with E-state index in [2.05, 4.69) is 35.5 Å². The van der Waals surface area contributed by atoms with Gasteiger partial charge in [-0.1, -0.05) is 12.1 Å². The molecule has 3 heterocycles. The maximum atomic E-state index is 14.0. The SMILES string of the molecule is Cc1ccc(NC(=O)c2ccc(CN3CCC(N(C)C)C3)c(C(F)(F)F)c2)cc1Nc1ncc(-c2cncnc2)cn1. The summed E-state index contributed by atoms with van der Waals surface area (Å²) in [4.78, 5) is 33.8. The fourth-order valence-corrected chi connectivity index (χ4v) is 4.89. The lowest BCUT2D eigenvalue weighted by Crippen LogP contribution is -2.31. The van der Waals surface area contributed by atoms with Crippen molar-refractivity contribution in [2.24, 2.45) is 0 Å². The van der Waals surface area contributed by atoms with Crippen LogP contribution in [-0.4, -0.2) is 68.9 Å². The van der Waals surface area contributed by atoms with E-state index in [1.165, 1.54) is 18.5 Å². The lowest BCUT2D eigenvalue weighted by atomic mass is 10.0. The molecule has 12 heteroatoms. The molecule has 218 valence electrons. The smallest absolute Gasteiger partial charge is 0.324 e. The number of aryl methyl sites for hydroxylation is 1. The van der Waals surface area contributed by atoms with Gasteiger partial charge in [-0.15, -0.1) is 0 Å². The third kappa shape index (κ3) is 6.89. The first-order valence-electron chi connectivity index (χ1n) is 13.4. The van der Waals surface area contributed by atoms with Crippen LogP contribution in [0.4, 0.5) is 30.5 Å². The van der Waals surface area contributed by atoms with E-state index in [0.29, 0.717) is 29.9 Å². The summed E-state index contributed by atoms with van der Waals surface area (Å²) in [6.45, 7) is 3.48. The van der Waals surface area contributed by atoms with Gasteiger partial charge < -0.3 is 15.5 Å². The molecule has 2 aromatic carbocycles. The number of benzene rings is 2. The Morgan fingerprint density at radius 3 is 2.40 bits per heavy atom. The van der Waals surface area contributed by atoms with E-state index in [9.17, 15) is 18.0 Å². The Morgan fingerprint density at radius 2 is 1.74 bits per heavy atom. The van der Waals surface area contributed by atoms with Gasteiger partial charge in [-0.2, -0.15) is 13.2 Å². The van der Waals surface area contributed by atoms with Crippen molar-refractivity contribution >= 4 is 23.2 Å². The molecule has 0 saturated carbocycles. The molecular weight excluding hydrogens is 545 g/mol. The molecule has 2 N–H and O–H groups in total. The second-order valence-electron chi connectivity index (χ2n) is 10.5. The van der Waals surface area contributed by atoms with Gasteiger partial charge in [0.15, 0.2) is 0 Å². The number of amides is 1. The predicted octanol–water partition coefficient (Wildman–Crippen LogP) is 5.39. The zero-order chi connectivity index (χ0) is 29.9. The molecule has 5 rings (SSSR count). The number of carbonyl (C=O) groups excluding carboxylic acids is 1. The molecule has 1 fully saturated rings. The molecule has 1 amide bonds. The third-order valence-corrected chi connectivity index (χ3v) is 7.34. The van der Waals surface area contributed by atoms with Crippen LogP contribution in [0.25, 0.3) is 11.1 Å². The number of anilines is 3. The number of halogens is 3. The Balaban J connectivity index is 1.29. The number of likely N-dealkylation sites (N-methyl/N-ethyl adjacent to an activating group) is 1. The van der Waals surface area contributed by atoms with Crippen LogP contribution in [0.2, 0.25) is 0 Å². The average Bonchev–Trinajstić information content (AvgIpc) is 3.44. The number of carbonyl (C=O) groups is 1. The second-order valence-corrected chi connectivity index (χ2v) is 10.5. The molecule has 0 aliphatic carbocycles. The highest BCUT2D eigenvalue weighted by molar-refractivity contribution is 6.04. The zero-order valence-electron chi connectivity index (χ0n) is 23.5. The van der Waals surface area contributed by atoms with Gasteiger partial charge in [-0.05, 0) is 62.8 Å². The number of hydrogen-bond acceptors (Lipinski definition) is 8. The van der Waals surface area contributed by atoms with Crippen molar-refractivity contribution in [1.29, 1.82) is 0 Å². The van der Waals surface area contributed by atoms with E-state index >= 15 is 0 Å². The summed E-state index contributed by atoms with van der Waals surface area (Å²) in [6.07, 6.45) is 4.36. The summed E-state index contributed by atoms with van der Waals surface area (Å²) in [5.41, 5.74) is 2.73. The molecule has 1 aliphatic rings. The van der Waals surface area contributed by atoms with Crippen molar-refractivity contribution in [3.63, 3.8) is 0 Å². The van der Waals surface area contributed by atoms with Crippen LogP contribution >= 0.6 is 0 Å². The Bertz CT molecular complexity index is 1540. The van der Waals surface area contributed by atoms with Gasteiger partial charge in [0, 0.05) is 78.5 Å². The molecule has 9 nitrogen and oxygen atoms in total. The molecule has 2 aromatic heterocycles. The van der Waals surface area contributed by atoms with E-state index in [0.717, 1.165) is 35.7 Å². The number of rotatable bonds is 8. The van der Waals surface area contributed by atoms with Crippen molar-refractivity contribution in [1.82, 2.24) is 29.7 Å². The maximum Gasteiger partial charge on any atom is 0.416 e. The Hall–Kier alpha value is -4.42. The fourth-order valence-electron chi connectivity index (χ4n) is 4.89. The van der Waals surface area contributed by atoms with Crippen LogP contribution in [0.3, 0.4) is 0 Å². The van der Waals surface area contributed by atoms with Crippen LogP contribution in [0.1, 0.15) is 33.5 Å². The maximum absolute atomic E-state index is 14.0. The van der Waals surface area contributed by atoms with Gasteiger partial charge in [0.2, 0.25) is 5.95 Å². The van der Waals surface area contributed by atoms with Crippen molar-refractivity contribution in [3.8, 4) is 11.1 Å². The number of nitrogens with one attached hydrogen (secondary N) is 2. The van der Waals surface area contributed by atoms with Crippen LogP contribution in [0.5, 0.6) is 0 Å². The lowest BCUT2D eigenvalue weighted by Gasteiger charge is -2.22. The first-order chi connectivity index (χ1) is 20.1. The fraction of sp³-hybridized carbons (Fsp3) is 0.300. The Labute approximate surface area is 241 Å². The minimum atomic E-state index is -4.59. The van der Waals surface area contributed by atoms with Crippen LogP contribution < -0.4 is 10.6 Å². The third-order valence-electron chi connectivity index (χ3n) is 7.34. The molecule has 0 bridgehead atoms. The zero-order valence-corrected chi connectivity index (χ0v) is 23.5. The standard InChI is InChI=1S/C30H31F3N8O/c1-19-4-7-24(11-27(19)39-29-36-14-23(15-37-29)22-12-34-18-35-13-22)38-28(42)20-5-6-21(26(10-20)30(31,32)33)16-41-9-8-25(17-41)40(2)3/h4-7,10-15,18,25H,8-9,16-17H2,1-3H3,(H,38,42)(H,36,37,39). The quantitative estimate of drug-likeness (QED) is 0.288. The van der Waals surface area contributed by atoms with E-state index < -0.39 is 17.6 Å². The first kappa shape index (κ1) is 29.1. The van der Waals surface area contributed by atoms with E-state index in [4.69, 9.17) is 0 Å². The molecule has 4 aromatic rings. The van der Waals surface area contributed by atoms with Gasteiger partial charge in [0.25, 0.3) is 5.91 Å². The summed E-state index contributed by atoms with van der Waals surface area (Å²) in [5, 5.41) is 5.84. The largest absolute Gasteiger partial charge is 0.416 e. The van der Waals surface area contributed by atoms with E-state index in [1.54, 1.807) is 43.0 Å². The molecule has 0 radical (unpaired) electrons. The summed E-state index contributed by atoms with van der Waals surface area (Å²) < 4.78 is 42.1. The number of nitrogens with zero attached hydrogens (tertiary/aromatic N) is 6. The van der Waals surface area contributed by atoms with Gasteiger partial charge in [0.1, 0.15) is 6.33 Å². The summed E-state index contributed by atoms with van der Waals surface area (Å²) in [5.74, 6) is -0.302. The number of likely N-dealkylation sites (tertiary alicyclic amines) is 1. The van der Waals surface area contributed by atoms with Crippen LogP contribution in [0.15, 0.2) is 67.5 Å². The van der Waals surface area contributed by atoms with Crippen LogP contribution in [-0.2, 0) is 12.7 Å². The average molecular weight is 577 g/mol. The van der Waals surface area contributed by atoms with Crippen molar-refractivity contribution < 1.29 is 18.0 Å². The first-order valence-corrected chi connectivity index (χ1v) is 13.4. The van der Waals surface area contributed by atoms with Crippen molar-refractivity contribution in [2.75, 3.05) is 37.8 Å². The number of aromatic nitrogens is 4. The molecule has 1 saturated heterocycles. The van der Waals surface area contributed by atoms with Gasteiger partial charge in [-0.25, -0.2) is 19.9 Å². The highest BCUT2D eigenvalue weighted by Crippen LogP contribution is 2.34. The van der Waals surface area contributed by atoms with Crippen LogP contribution in [0, 0.1) is 6.92 Å². The Morgan fingerprint density at radius 1 is 1.02 bits per heavy atom. The minimum Gasteiger partial charge on any atom is -0.324 e. The van der Waals surface area contributed by atoms with Gasteiger partial charge in [-0.3, -0.25) is 9.69 Å². The monoisotopic (exact) mass is 576 g/mol. The second kappa shape index (κ2) is 12.2. The number of alkyl halides is 3. The lowest BCUT2D eigenvalue weighted by molar-refractivity contribution is -0.138. The van der Waals surface area contributed by atoms with E-state index in [-0.39, 0.29) is 17.7 Å². The number of hydrogen-bond donors (Lipinski definition) is 2. The highest BCUT2D eigenvalue weighted by atomic mass is 19.4. The Kier molecular flexibility index (Phi) is 8.46. The van der Waals surface area contributed by atoms with Gasteiger partial charge in [0.05, 0.1) is 5.56 Å². The minimum absolute atomic E-state index is 0.0717. The normalized spacial score (nSPS) is 15.6.